The second kappa shape index (κ2) is 7.61. The minimum Gasteiger partial charge on any atom is -0.492 e. The lowest BCUT2D eigenvalue weighted by molar-refractivity contribution is 0.287. The van der Waals surface area contributed by atoms with Gasteiger partial charge >= 0.3 is 0 Å². The Kier molecular flexibility index (Phi) is 4.74. The van der Waals surface area contributed by atoms with Gasteiger partial charge in [-0.05, 0) is 48.6 Å². The first kappa shape index (κ1) is 19.9. The van der Waals surface area contributed by atoms with E-state index in [2.05, 4.69) is 21.4 Å². The third-order valence-electron chi connectivity index (χ3n) is 5.95. The predicted molar refractivity (Wildman–Crippen MR) is 118 cm³/mol. The van der Waals surface area contributed by atoms with Crippen LogP contribution in [-0.2, 0) is 19.9 Å². The standard InChI is InChI=1S/C24H20FN5O2/c1-3-20-16-9-13(6-7-15(16)24(31)29-28-20)18-12-27-30(2)22(18)21-17(11-26)23-14(10-19(21)25)5-4-8-32-23/h6-7,9-10,12H,3-5,8H2,1-2H3,(H,29,31). The number of aryl methyl sites for hydroxylation is 3. The number of nitriles is 1. The second-order valence-corrected chi connectivity index (χ2v) is 7.80. The number of ether oxygens (including phenoxy) is 1. The van der Waals surface area contributed by atoms with E-state index in [1.807, 2.05) is 13.0 Å². The molecule has 4 aromatic rings. The highest BCUT2D eigenvalue weighted by Crippen LogP contribution is 2.41. The molecule has 1 aliphatic rings. The van der Waals surface area contributed by atoms with Crippen LogP contribution in [0, 0.1) is 17.1 Å². The number of H-pyrrole nitrogens is 1. The molecule has 0 saturated carbocycles. The zero-order valence-corrected chi connectivity index (χ0v) is 17.7. The van der Waals surface area contributed by atoms with Gasteiger partial charge in [-0.2, -0.15) is 15.5 Å². The SMILES string of the molecule is CCc1n[nH]c(=O)c2ccc(-c3cnn(C)c3-c3c(F)cc4c(c3C#N)OCCC4)cc12. The fraction of sp³-hybridized carbons (Fsp3) is 0.250. The van der Waals surface area contributed by atoms with Crippen LogP contribution in [0.1, 0.15) is 30.2 Å². The van der Waals surface area contributed by atoms with E-state index >= 15 is 4.39 Å². The summed E-state index contributed by atoms with van der Waals surface area (Å²) in [6.07, 6.45) is 3.75. The zero-order valence-electron chi connectivity index (χ0n) is 17.7. The van der Waals surface area contributed by atoms with E-state index in [0.29, 0.717) is 47.4 Å². The molecule has 0 atom stereocenters. The van der Waals surface area contributed by atoms with E-state index in [1.54, 1.807) is 30.1 Å². The summed E-state index contributed by atoms with van der Waals surface area (Å²) >= 11 is 0. The van der Waals surface area contributed by atoms with Gasteiger partial charge in [-0.15, -0.1) is 0 Å². The molecule has 0 unspecified atom stereocenters. The molecule has 0 radical (unpaired) electrons. The number of aromatic nitrogens is 4. The van der Waals surface area contributed by atoms with E-state index in [9.17, 15) is 10.1 Å². The first-order valence-corrected chi connectivity index (χ1v) is 10.5. The fourth-order valence-corrected chi connectivity index (χ4v) is 4.41. The zero-order chi connectivity index (χ0) is 22.4. The fourth-order valence-electron chi connectivity index (χ4n) is 4.41. The van der Waals surface area contributed by atoms with Gasteiger partial charge in [-0.3, -0.25) is 9.48 Å². The van der Waals surface area contributed by atoms with Crippen molar-refractivity contribution in [1.29, 1.82) is 5.26 Å². The van der Waals surface area contributed by atoms with Crippen molar-refractivity contribution in [1.82, 2.24) is 20.0 Å². The summed E-state index contributed by atoms with van der Waals surface area (Å²) in [6, 6.07) is 9.02. The summed E-state index contributed by atoms with van der Waals surface area (Å²) in [6.45, 7) is 2.46. The number of benzene rings is 2. The highest BCUT2D eigenvalue weighted by atomic mass is 19.1. The number of fused-ring (bicyclic) bond motifs is 2. The molecule has 0 spiro atoms. The van der Waals surface area contributed by atoms with E-state index < -0.39 is 5.82 Å². The van der Waals surface area contributed by atoms with Crippen molar-refractivity contribution in [2.24, 2.45) is 7.05 Å². The number of nitrogens with one attached hydrogen (secondary N) is 1. The Balaban J connectivity index is 1.78. The minimum absolute atomic E-state index is 0.169. The van der Waals surface area contributed by atoms with Crippen LogP contribution in [0.25, 0.3) is 33.2 Å². The molecule has 5 rings (SSSR count). The molecule has 7 nitrogen and oxygen atoms in total. The summed E-state index contributed by atoms with van der Waals surface area (Å²) in [7, 11) is 1.71. The molecule has 32 heavy (non-hydrogen) atoms. The van der Waals surface area contributed by atoms with Crippen molar-refractivity contribution < 1.29 is 9.13 Å². The summed E-state index contributed by atoms with van der Waals surface area (Å²) < 4.78 is 22.7. The van der Waals surface area contributed by atoms with Crippen molar-refractivity contribution in [3.8, 4) is 34.2 Å². The van der Waals surface area contributed by atoms with Gasteiger partial charge in [0, 0.05) is 18.0 Å². The average Bonchev–Trinajstić information content (AvgIpc) is 3.19. The Morgan fingerprint density at radius 3 is 2.94 bits per heavy atom. The van der Waals surface area contributed by atoms with Gasteiger partial charge in [0.2, 0.25) is 0 Å². The molecular formula is C24H20FN5O2. The molecule has 2 aromatic carbocycles. The lowest BCUT2D eigenvalue weighted by Gasteiger charge is -2.21. The van der Waals surface area contributed by atoms with Gasteiger partial charge in [0.25, 0.3) is 5.56 Å². The van der Waals surface area contributed by atoms with Crippen LogP contribution in [0.3, 0.4) is 0 Å². The summed E-state index contributed by atoms with van der Waals surface area (Å²) in [5, 5.41) is 22.2. The first-order valence-electron chi connectivity index (χ1n) is 10.5. The van der Waals surface area contributed by atoms with Crippen LogP contribution in [0.15, 0.2) is 35.3 Å². The topological polar surface area (TPSA) is 96.6 Å². The number of aromatic amines is 1. The maximum absolute atomic E-state index is 15.4. The maximum Gasteiger partial charge on any atom is 0.272 e. The number of hydrogen-bond donors (Lipinski definition) is 1. The normalized spacial score (nSPS) is 12.9. The third-order valence-corrected chi connectivity index (χ3v) is 5.95. The van der Waals surface area contributed by atoms with Crippen molar-refractivity contribution in [3.05, 3.63) is 63.5 Å². The molecule has 1 N–H and O–H groups in total. The summed E-state index contributed by atoms with van der Waals surface area (Å²) in [5.74, 6) is -0.0337. The van der Waals surface area contributed by atoms with Gasteiger partial charge in [0.15, 0.2) is 0 Å². The van der Waals surface area contributed by atoms with Crippen molar-refractivity contribution in [2.75, 3.05) is 6.61 Å². The Labute approximate surface area is 183 Å². The van der Waals surface area contributed by atoms with E-state index in [-0.39, 0.29) is 16.7 Å². The van der Waals surface area contributed by atoms with Gasteiger partial charge in [-0.1, -0.05) is 13.0 Å². The monoisotopic (exact) mass is 429 g/mol. The summed E-state index contributed by atoms with van der Waals surface area (Å²) in [5.41, 5.74) is 3.44. The quantitative estimate of drug-likeness (QED) is 0.533. The summed E-state index contributed by atoms with van der Waals surface area (Å²) in [4.78, 5) is 12.2. The van der Waals surface area contributed by atoms with Crippen LogP contribution in [0.2, 0.25) is 0 Å². The lowest BCUT2D eigenvalue weighted by Crippen LogP contribution is -2.12. The van der Waals surface area contributed by atoms with Crippen LogP contribution in [0.4, 0.5) is 4.39 Å². The lowest BCUT2D eigenvalue weighted by atomic mass is 9.92. The molecule has 0 amide bonds. The molecule has 1 aliphatic heterocycles. The highest BCUT2D eigenvalue weighted by Gasteiger charge is 2.27. The van der Waals surface area contributed by atoms with Gasteiger partial charge in [-0.25, -0.2) is 9.49 Å². The van der Waals surface area contributed by atoms with Crippen LogP contribution in [0.5, 0.6) is 5.75 Å². The largest absolute Gasteiger partial charge is 0.492 e. The van der Waals surface area contributed by atoms with Crippen molar-refractivity contribution in [2.45, 2.75) is 26.2 Å². The molecule has 0 bridgehead atoms. The minimum atomic E-state index is -0.483. The maximum atomic E-state index is 15.4. The number of rotatable bonds is 3. The van der Waals surface area contributed by atoms with Crippen LogP contribution in [-0.4, -0.2) is 26.6 Å². The predicted octanol–water partition coefficient (Wildman–Crippen LogP) is 3.89. The van der Waals surface area contributed by atoms with Crippen LogP contribution >= 0.6 is 0 Å². The molecule has 0 saturated heterocycles. The average molecular weight is 429 g/mol. The highest BCUT2D eigenvalue weighted by molar-refractivity contribution is 5.92. The molecular weight excluding hydrogens is 409 g/mol. The Hall–Kier alpha value is -3.99. The second-order valence-electron chi connectivity index (χ2n) is 7.80. The third kappa shape index (κ3) is 2.97. The number of nitrogens with zero attached hydrogens (tertiary/aromatic N) is 4. The Morgan fingerprint density at radius 2 is 2.16 bits per heavy atom. The number of hydrogen-bond acceptors (Lipinski definition) is 5. The van der Waals surface area contributed by atoms with Gasteiger partial charge in [0.1, 0.15) is 23.2 Å². The van der Waals surface area contributed by atoms with Crippen LogP contribution < -0.4 is 10.3 Å². The van der Waals surface area contributed by atoms with Gasteiger partial charge in [0.05, 0.1) is 35.1 Å². The Morgan fingerprint density at radius 1 is 1.31 bits per heavy atom. The van der Waals surface area contributed by atoms with E-state index in [1.165, 1.54) is 6.07 Å². The Bertz CT molecular complexity index is 1480. The molecule has 8 heteroatoms. The van der Waals surface area contributed by atoms with Crippen molar-refractivity contribution >= 4 is 10.8 Å². The van der Waals surface area contributed by atoms with Gasteiger partial charge < -0.3 is 4.74 Å². The molecule has 3 heterocycles. The molecule has 2 aromatic heterocycles. The molecule has 0 aliphatic carbocycles. The van der Waals surface area contributed by atoms with Crippen molar-refractivity contribution in [3.63, 3.8) is 0 Å². The number of halogens is 1. The smallest absolute Gasteiger partial charge is 0.272 e. The molecule has 0 fully saturated rings. The molecule has 160 valence electrons. The van der Waals surface area contributed by atoms with E-state index in [4.69, 9.17) is 4.74 Å². The first-order chi connectivity index (χ1) is 15.5. The van der Waals surface area contributed by atoms with E-state index in [0.717, 1.165) is 23.1 Å².